The highest BCUT2D eigenvalue weighted by Gasteiger charge is 2.16. The third kappa shape index (κ3) is 18.7. The van der Waals surface area contributed by atoms with Crippen molar-refractivity contribution >= 4 is 18.6 Å². The summed E-state index contributed by atoms with van der Waals surface area (Å²) in [4.78, 5) is 36.0. The summed E-state index contributed by atoms with van der Waals surface area (Å²) < 4.78 is 10.3. The van der Waals surface area contributed by atoms with E-state index >= 15 is 0 Å². The van der Waals surface area contributed by atoms with Gasteiger partial charge in [-0.05, 0) is 41.5 Å². The summed E-state index contributed by atoms with van der Waals surface area (Å²) in [7, 11) is 0. The summed E-state index contributed by atoms with van der Waals surface area (Å²) >= 11 is 0. The number of ether oxygens (including phenoxy) is 2. The lowest BCUT2D eigenvalue weighted by molar-refractivity contribution is -0.117. The van der Waals surface area contributed by atoms with Gasteiger partial charge < -0.3 is 46.5 Å². The Kier molecular flexibility index (Phi) is 13.3. The van der Waals surface area contributed by atoms with E-state index in [-0.39, 0.29) is 39.3 Å². The number of amides is 3. The van der Waals surface area contributed by atoms with Crippen LogP contribution in [0.15, 0.2) is 23.8 Å². The molecule has 0 heterocycles. The van der Waals surface area contributed by atoms with Gasteiger partial charge in [-0.15, -0.1) is 0 Å². The summed E-state index contributed by atoms with van der Waals surface area (Å²) in [6.07, 6.45) is 2.39. The van der Waals surface area contributed by atoms with E-state index in [2.05, 4.69) is 10.6 Å². The minimum atomic E-state index is -0.594. The molecule has 14 nitrogen and oxygen atoms in total. The number of nitrogens with two attached hydrogens (primary N) is 4. The van der Waals surface area contributed by atoms with Crippen molar-refractivity contribution in [3.8, 4) is 0 Å². The monoisotopic (exact) mass is 501 g/mol. The van der Waals surface area contributed by atoms with Crippen molar-refractivity contribution in [2.24, 2.45) is 23.2 Å². The average molecular weight is 502 g/mol. The molecule has 0 saturated heterocycles. The van der Waals surface area contributed by atoms with E-state index in [1.165, 1.54) is 27.3 Å². The maximum atomic E-state index is 11.6. The first kappa shape index (κ1) is 31.6. The molecule has 0 bridgehead atoms. The fraction of sp³-hybridized carbons (Fsp3) is 0.667. The number of carbonyl (C=O) groups is 3. The molecule has 35 heavy (non-hydrogen) atoms. The topological polar surface area (TPSA) is 208 Å². The van der Waals surface area contributed by atoms with Crippen molar-refractivity contribution in [2.75, 3.05) is 39.3 Å². The lowest BCUT2D eigenvalue weighted by atomic mass is 10.2. The van der Waals surface area contributed by atoms with Crippen molar-refractivity contribution in [1.82, 2.24) is 25.6 Å². The highest BCUT2D eigenvalue weighted by molar-refractivity contribution is 5.67. The molecule has 202 valence electrons. The van der Waals surface area contributed by atoms with Crippen LogP contribution in [0.5, 0.6) is 0 Å². The standard InChI is InChI=1S/C21H43N9O5/c1-20(2,3)34-18(32)26-7-9-29(24)13-16(22)11-28(15-31)12-17(23)14-30(25)10-8-27-19(33)35-21(4,5)6/h13-15H,7-12,22-25H2,1-6H3,(H,26,32)(H,27,33)/b16-13-,17-14-. The Bertz CT molecular complexity index is 686. The van der Waals surface area contributed by atoms with Crippen LogP contribution in [0.3, 0.4) is 0 Å². The first-order chi connectivity index (χ1) is 16.0. The van der Waals surface area contributed by atoms with Gasteiger partial charge in [0.25, 0.3) is 0 Å². The van der Waals surface area contributed by atoms with E-state index < -0.39 is 23.4 Å². The molecule has 0 atom stereocenters. The average Bonchev–Trinajstić information content (AvgIpc) is 2.64. The first-order valence-corrected chi connectivity index (χ1v) is 11.1. The Morgan fingerprint density at radius 2 is 1.11 bits per heavy atom. The number of nitrogens with zero attached hydrogens (tertiary/aromatic N) is 3. The van der Waals surface area contributed by atoms with Crippen LogP contribution in [-0.2, 0) is 14.3 Å². The van der Waals surface area contributed by atoms with Crippen LogP contribution in [0, 0.1) is 0 Å². The van der Waals surface area contributed by atoms with Crippen molar-refractivity contribution in [2.45, 2.75) is 52.7 Å². The van der Waals surface area contributed by atoms with Gasteiger partial charge in [0.1, 0.15) is 11.2 Å². The van der Waals surface area contributed by atoms with Gasteiger partial charge in [0, 0.05) is 36.9 Å². The Labute approximate surface area is 207 Å². The van der Waals surface area contributed by atoms with Gasteiger partial charge in [0.05, 0.1) is 26.2 Å². The summed E-state index contributed by atoms with van der Waals surface area (Å²) in [5.74, 6) is 11.7. The number of rotatable bonds is 13. The SMILES string of the molecule is CC(C)(C)OC(=O)NCCN(N)/C=C(\N)CN(C=O)C/C(N)=C/N(N)CCNC(=O)OC(C)(C)C. The molecule has 10 N–H and O–H groups in total. The Morgan fingerprint density at radius 3 is 1.40 bits per heavy atom. The minimum Gasteiger partial charge on any atom is -0.444 e. The highest BCUT2D eigenvalue weighted by Crippen LogP contribution is 2.07. The van der Waals surface area contributed by atoms with Crippen LogP contribution in [0.4, 0.5) is 9.59 Å². The van der Waals surface area contributed by atoms with E-state index in [0.717, 1.165) is 0 Å². The molecule has 0 fully saturated rings. The Morgan fingerprint density at radius 1 is 0.771 bits per heavy atom. The Balaban J connectivity index is 4.49. The molecule has 0 aliphatic carbocycles. The molecular formula is C21H43N9O5. The largest absolute Gasteiger partial charge is 0.444 e. The molecule has 0 aromatic carbocycles. The van der Waals surface area contributed by atoms with Crippen LogP contribution < -0.4 is 33.8 Å². The lowest BCUT2D eigenvalue weighted by Crippen LogP contribution is -2.40. The second-order valence-corrected chi connectivity index (χ2v) is 9.75. The molecule has 0 aliphatic rings. The van der Waals surface area contributed by atoms with Crippen molar-refractivity contribution in [3.63, 3.8) is 0 Å². The summed E-state index contributed by atoms with van der Waals surface area (Å²) in [6, 6.07) is 0. The zero-order valence-electron chi connectivity index (χ0n) is 21.7. The fourth-order valence-corrected chi connectivity index (χ4v) is 2.44. The second-order valence-electron chi connectivity index (χ2n) is 9.75. The number of alkyl carbamates (subject to hydrolysis) is 2. The summed E-state index contributed by atoms with van der Waals surface area (Å²) in [5, 5.41) is 7.73. The van der Waals surface area contributed by atoms with Crippen molar-refractivity contribution in [1.29, 1.82) is 0 Å². The van der Waals surface area contributed by atoms with Gasteiger partial charge in [0.2, 0.25) is 6.41 Å². The molecule has 0 rings (SSSR count). The van der Waals surface area contributed by atoms with Gasteiger partial charge in [-0.25, -0.2) is 21.3 Å². The molecular weight excluding hydrogens is 458 g/mol. The van der Waals surface area contributed by atoms with Gasteiger partial charge in [-0.2, -0.15) is 0 Å². The molecule has 14 heteroatoms. The van der Waals surface area contributed by atoms with E-state index in [1.807, 2.05) is 0 Å². The van der Waals surface area contributed by atoms with Crippen LogP contribution in [-0.4, -0.2) is 84.0 Å². The number of hydrogen-bond acceptors (Lipinski definition) is 11. The third-order valence-corrected chi connectivity index (χ3v) is 3.66. The summed E-state index contributed by atoms with van der Waals surface area (Å²) in [6.45, 7) is 11.7. The molecule has 0 aliphatic heterocycles. The highest BCUT2D eigenvalue weighted by atomic mass is 16.6. The smallest absolute Gasteiger partial charge is 0.407 e. The predicted octanol–water partition coefficient (Wildman–Crippen LogP) is -0.554. The van der Waals surface area contributed by atoms with E-state index in [1.54, 1.807) is 41.5 Å². The molecule has 0 aromatic heterocycles. The fourth-order valence-electron chi connectivity index (χ4n) is 2.44. The zero-order chi connectivity index (χ0) is 27.2. The molecule has 0 saturated carbocycles. The molecule has 0 radical (unpaired) electrons. The van der Waals surface area contributed by atoms with Gasteiger partial charge in [0.15, 0.2) is 0 Å². The number of hydrazine groups is 2. The number of hydrogen-bond donors (Lipinski definition) is 6. The number of nitrogens with one attached hydrogen (secondary N) is 2. The molecule has 0 spiro atoms. The van der Waals surface area contributed by atoms with Crippen LogP contribution in [0.25, 0.3) is 0 Å². The second kappa shape index (κ2) is 14.8. The van der Waals surface area contributed by atoms with Crippen LogP contribution in [0.2, 0.25) is 0 Å². The lowest BCUT2D eigenvalue weighted by Gasteiger charge is -2.22. The van der Waals surface area contributed by atoms with E-state index in [4.69, 9.17) is 32.6 Å². The van der Waals surface area contributed by atoms with Gasteiger partial charge in [-0.3, -0.25) is 4.79 Å². The molecule has 0 unspecified atom stereocenters. The number of carbonyl (C=O) groups excluding carboxylic acids is 3. The normalized spacial score (nSPS) is 12.5. The maximum absolute atomic E-state index is 11.6. The Hall–Kier alpha value is -3.39. The van der Waals surface area contributed by atoms with Gasteiger partial charge >= 0.3 is 12.2 Å². The predicted molar refractivity (Wildman–Crippen MR) is 132 cm³/mol. The van der Waals surface area contributed by atoms with Gasteiger partial charge in [-0.1, -0.05) is 0 Å². The van der Waals surface area contributed by atoms with Crippen LogP contribution in [0.1, 0.15) is 41.5 Å². The minimum absolute atomic E-state index is 0.0655. The quantitative estimate of drug-likeness (QED) is 0.107. The van der Waals surface area contributed by atoms with Crippen LogP contribution >= 0.6 is 0 Å². The molecule has 0 aromatic rings. The third-order valence-electron chi connectivity index (χ3n) is 3.66. The molecule has 3 amide bonds. The maximum Gasteiger partial charge on any atom is 0.407 e. The van der Waals surface area contributed by atoms with Crippen molar-refractivity contribution in [3.05, 3.63) is 23.8 Å². The zero-order valence-corrected chi connectivity index (χ0v) is 21.7. The van der Waals surface area contributed by atoms with E-state index in [0.29, 0.717) is 17.8 Å². The van der Waals surface area contributed by atoms with Crippen molar-refractivity contribution < 1.29 is 23.9 Å². The van der Waals surface area contributed by atoms with E-state index in [9.17, 15) is 14.4 Å². The first-order valence-electron chi connectivity index (χ1n) is 11.1. The summed E-state index contributed by atoms with van der Waals surface area (Å²) in [5.41, 5.74) is 11.3.